The maximum atomic E-state index is 12.5. The van der Waals surface area contributed by atoms with E-state index in [0.29, 0.717) is 21.7 Å². The van der Waals surface area contributed by atoms with Crippen LogP contribution in [-0.4, -0.2) is 35.6 Å². The van der Waals surface area contributed by atoms with Gasteiger partial charge in [0.1, 0.15) is 17.1 Å². The fourth-order valence-corrected chi connectivity index (χ4v) is 4.90. The molecule has 0 saturated heterocycles. The van der Waals surface area contributed by atoms with E-state index < -0.39 is 36.8 Å². The molecule has 9 nitrogen and oxygen atoms in total. The maximum Gasteiger partial charge on any atom is 0.420 e. The number of amides is 1. The number of thiophene rings is 2. The highest BCUT2D eigenvalue weighted by molar-refractivity contribution is 7.17. The van der Waals surface area contributed by atoms with Crippen LogP contribution in [0, 0.1) is 0 Å². The van der Waals surface area contributed by atoms with Crippen molar-refractivity contribution < 1.29 is 28.3 Å². The maximum absolute atomic E-state index is 12.5. The van der Waals surface area contributed by atoms with Crippen molar-refractivity contribution in [3.05, 3.63) is 63.3 Å². The molecule has 0 aliphatic heterocycles. The van der Waals surface area contributed by atoms with Gasteiger partial charge >= 0.3 is 17.7 Å². The predicted octanol–water partition coefficient (Wildman–Crippen LogP) is 3.74. The zero-order chi connectivity index (χ0) is 23.4. The number of fused-ring (bicyclic) bond motifs is 1. The summed E-state index contributed by atoms with van der Waals surface area (Å²) in [6, 6.07) is 10.4. The highest BCUT2D eigenvalue weighted by Crippen LogP contribution is 2.38. The van der Waals surface area contributed by atoms with Gasteiger partial charge in [-0.15, -0.1) is 22.7 Å². The van der Waals surface area contributed by atoms with Gasteiger partial charge in [-0.25, -0.2) is 9.59 Å². The fourth-order valence-electron chi connectivity index (χ4n) is 3.12. The van der Waals surface area contributed by atoms with Crippen LogP contribution < -0.4 is 11.1 Å². The van der Waals surface area contributed by atoms with E-state index in [2.05, 4.69) is 5.32 Å². The minimum absolute atomic E-state index is 0.186. The van der Waals surface area contributed by atoms with Gasteiger partial charge in [0.05, 0.1) is 12.1 Å². The van der Waals surface area contributed by atoms with Gasteiger partial charge in [-0.2, -0.15) is 0 Å². The van der Waals surface area contributed by atoms with Gasteiger partial charge in [0.25, 0.3) is 5.91 Å². The number of carbonyl (C=O) groups is 3. The van der Waals surface area contributed by atoms with Crippen LogP contribution in [0.4, 0.5) is 5.00 Å². The molecule has 0 spiro atoms. The molecule has 1 aromatic carbocycles. The van der Waals surface area contributed by atoms with Crippen LogP contribution in [0.3, 0.4) is 0 Å². The molecule has 0 aliphatic carbocycles. The summed E-state index contributed by atoms with van der Waals surface area (Å²) >= 11 is 2.63. The number of aromatic nitrogens is 1. The second kappa shape index (κ2) is 9.84. The van der Waals surface area contributed by atoms with Crippen molar-refractivity contribution in [3.8, 4) is 10.4 Å². The molecule has 1 amide bonds. The number of esters is 2. The Balaban J connectivity index is 1.42. The lowest BCUT2D eigenvalue weighted by Crippen LogP contribution is -2.26. The number of nitrogens with one attached hydrogen (secondary N) is 1. The first-order valence-electron chi connectivity index (χ1n) is 9.84. The van der Waals surface area contributed by atoms with Crippen molar-refractivity contribution in [1.29, 1.82) is 0 Å². The Morgan fingerprint density at radius 2 is 1.91 bits per heavy atom. The summed E-state index contributed by atoms with van der Waals surface area (Å²) in [5.74, 6) is -2.66. The second-order valence-electron chi connectivity index (χ2n) is 6.68. The van der Waals surface area contributed by atoms with Gasteiger partial charge in [0.2, 0.25) is 0 Å². The minimum Gasteiger partial charge on any atom is -0.462 e. The summed E-state index contributed by atoms with van der Waals surface area (Å²) < 4.78 is 16.4. The number of nitrogens with zero attached hydrogens (tertiary/aromatic N) is 1. The molecular weight excluding hydrogens is 468 g/mol. The Bertz CT molecular complexity index is 1370. The SMILES string of the molecule is CCOC(=O)c1c(-c2cccs2)csc1NC(=O)COC(=O)Cn1c(=O)oc2ccccc21. The largest absolute Gasteiger partial charge is 0.462 e. The van der Waals surface area contributed by atoms with E-state index in [4.69, 9.17) is 13.9 Å². The van der Waals surface area contributed by atoms with Crippen LogP contribution in [0.25, 0.3) is 21.5 Å². The van der Waals surface area contributed by atoms with Crippen LogP contribution in [-0.2, 0) is 25.6 Å². The monoisotopic (exact) mass is 486 g/mol. The Labute approximate surface area is 195 Å². The van der Waals surface area contributed by atoms with Gasteiger partial charge in [-0.1, -0.05) is 18.2 Å². The van der Waals surface area contributed by atoms with E-state index in [1.807, 2.05) is 17.5 Å². The number of ether oxygens (including phenoxy) is 2. The average Bonchev–Trinajstić information content (AvgIpc) is 3.52. The van der Waals surface area contributed by atoms with E-state index in [9.17, 15) is 19.2 Å². The molecule has 0 fully saturated rings. The molecule has 0 aliphatic rings. The molecule has 0 saturated carbocycles. The van der Waals surface area contributed by atoms with E-state index in [1.54, 1.807) is 36.6 Å². The van der Waals surface area contributed by atoms with Crippen molar-refractivity contribution in [2.24, 2.45) is 0 Å². The van der Waals surface area contributed by atoms with Crippen molar-refractivity contribution in [3.63, 3.8) is 0 Å². The molecule has 0 radical (unpaired) electrons. The Morgan fingerprint density at radius 3 is 2.67 bits per heavy atom. The first kappa shape index (κ1) is 22.5. The summed E-state index contributed by atoms with van der Waals surface area (Å²) in [6.07, 6.45) is 0. The first-order chi connectivity index (χ1) is 16.0. The molecule has 4 aromatic rings. The van der Waals surface area contributed by atoms with Crippen LogP contribution in [0.1, 0.15) is 17.3 Å². The molecule has 11 heteroatoms. The van der Waals surface area contributed by atoms with Crippen molar-refractivity contribution in [1.82, 2.24) is 4.57 Å². The van der Waals surface area contributed by atoms with E-state index in [-0.39, 0.29) is 12.2 Å². The van der Waals surface area contributed by atoms with Gasteiger partial charge in [-0.05, 0) is 30.5 Å². The number of oxazole rings is 1. The Morgan fingerprint density at radius 1 is 1.09 bits per heavy atom. The number of rotatable bonds is 8. The Hall–Kier alpha value is -3.70. The predicted molar refractivity (Wildman–Crippen MR) is 124 cm³/mol. The average molecular weight is 487 g/mol. The van der Waals surface area contributed by atoms with E-state index in [0.717, 1.165) is 9.44 Å². The summed E-state index contributed by atoms with van der Waals surface area (Å²) in [5.41, 5.74) is 1.70. The third kappa shape index (κ3) is 4.89. The molecule has 3 aromatic heterocycles. The molecule has 4 rings (SSSR count). The molecule has 0 atom stereocenters. The van der Waals surface area contributed by atoms with Crippen LogP contribution in [0.15, 0.2) is 56.4 Å². The lowest BCUT2D eigenvalue weighted by atomic mass is 10.1. The molecule has 0 bridgehead atoms. The summed E-state index contributed by atoms with van der Waals surface area (Å²) in [6.45, 7) is 0.892. The van der Waals surface area contributed by atoms with Crippen LogP contribution >= 0.6 is 22.7 Å². The summed E-state index contributed by atoms with van der Waals surface area (Å²) in [4.78, 5) is 50.0. The molecule has 0 unspecified atom stereocenters. The summed E-state index contributed by atoms with van der Waals surface area (Å²) in [7, 11) is 0. The molecule has 170 valence electrons. The lowest BCUT2D eigenvalue weighted by molar-refractivity contribution is -0.147. The minimum atomic E-state index is -0.783. The standard InChI is InChI=1S/C22H18N2O7S2/c1-2-29-21(27)19-13(16-8-5-9-32-16)12-33-20(19)23-17(25)11-30-18(26)10-24-14-6-3-4-7-15(14)31-22(24)28/h3-9,12H,2,10-11H2,1H3,(H,23,25). The zero-order valence-electron chi connectivity index (χ0n) is 17.4. The van der Waals surface area contributed by atoms with Crippen LogP contribution in [0.5, 0.6) is 0 Å². The third-order valence-corrected chi connectivity index (χ3v) is 6.33. The number of carbonyl (C=O) groups excluding carboxylic acids is 3. The fraction of sp³-hybridized carbons (Fsp3) is 0.182. The smallest absolute Gasteiger partial charge is 0.420 e. The van der Waals surface area contributed by atoms with Gasteiger partial charge in [0.15, 0.2) is 12.2 Å². The zero-order valence-corrected chi connectivity index (χ0v) is 19.0. The topological polar surface area (TPSA) is 117 Å². The molecule has 33 heavy (non-hydrogen) atoms. The third-order valence-electron chi connectivity index (χ3n) is 4.54. The summed E-state index contributed by atoms with van der Waals surface area (Å²) in [5, 5.41) is 6.55. The van der Waals surface area contributed by atoms with E-state index in [1.165, 1.54) is 22.7 Å². The van der Waals surface area contributed by atoms with Crippen molar-refractivity contribution in [2.45, 2.75) is 13.5 Å². The van der Waals surface area contributed by atoms with Crippen molar-refractivity contribution in [2.75, 3.05) is 18.5 Å². The number of hydrogen-bond donors (Lipinski definition) is 1. The van der Waals surface area contributed by atoms with Crippen molar-refractivity contribution >= 4 is 56.6 Å². The molecule has 1 N–H and O–H groups in total. The van der Waals surface area contributed by atoms with Gasteiger partial charge < -0.3 is 19.2 Å². The number of hydrogen-bond acceptors (Lipinski definition) is 9. The quantitative estimate of drug-likeness (QED) is 0.377. The normalized spacial score (nSPS) is 10.8. The Kier molecular flexibility index (Phi) is 6.71. The number of anilines is 1. The second-order valence-corrected chi connectivity index (χ2v) is 8.51. The highest BCUT2D eigenvalue weighted by atomic mass is 32.1. The lowest BCUT2D eigenvalue weighted by Gasteiger charge is -2.09. The van der Waals surface area contributed by atoms with Gasteiger partial charge in [-0.3, -0.25) is 14.2 Å². The number of benzene rings is 1. The first-order valence-corrected chi connectivity index (χ1v) is 11.6. The van der Waals surface area contributed by atoms with E-state index >= 15 is 0 Å². The molecule has 3 heterocycles. The number of para-hydroxylation sites is 2. The van der Waals surface area contributed by atoms with Gasteiger partial charge in [0, 0.05) is 15.8 Å². The van der Waals surface area contributed by atoms with Crippen LogP contribution in [0.2, 0.25) is 0 Å². The molecular formula is C22H18N2O7S2. The highest BCUT2D eigenvalue weighted by Gasteiger charge is 2.23.